The molecule has 18 heavy (non-hydrogen) atoms. The van der Waals surface area contributed by atoms with E-state index in [4.69, 9.17) is 0 Å². The van der Waals surface area contributed by atoms with Crippen LogP contribution >= 0.6 is 0 Å². The highest BCUT2D eigenvalue weighted by Gasteiger charge is 2.09. The molecule has 0 spiro atoms. The third kappa shape index (κ3) is 9.86. The van der Waals surface area contributed by atoms with Gasteiger partial charge in [0, 0.05) is 6.04 Å². The first-order valence-corrected chi connectivity index (χ1v) is 7.54. The lowest BCUT2D eigenvalue weighted by atomic mass is 10.2. The molecule has 3 nitrogen and oxygen atoms in total. The van der Waals surface area contributed by atoms with Crippen molar-refractivity contribution in [2.24, 2.45) is 0 Å². The minimum Gasteiger partial charge on any atom is -0.309 e. The van der Waals surface area contributed by atoms with Crippen LogP contribution in [-0.4, -0.2) is 74.6 Å². The third-order valence-electron chi connectivity index (χ3n) is 3.37. The maximum atomic E-state index is 2.61. The van der Waals surface area contributed by atoms with Crippen molar-refractivity contribution in [1.82, 2.24) is 14.7 Å². The van der Waals surface area contributed by atoms with Crippen LogP contribution in [0.4, 0.5) is 0 Å². The van der Waals surface area contributed by atoms with Crippen LogP contribution in [-0.2, 0) is 0 Å². The molecule has 0 heterocycles. The summed E-state index contributed by atoms with van der Waals surface area (Å²) < 4.78 is 0. The van der Waals surface area contributed by atoms with Crippen LogP contribution in [0.3, 0.4) is 0 Å². The van der Waals surface area contributed by atoms with Gasteiger partial charge in [-0.25, -0.2) is 0 Å². The molecule has 0 saturated heterocycles. The van der Waals surface area contributed by atoms with E-state index in [2.05, 4.69) is 56.6 Å². The molecule has 0 amide bonds. The molecule has 0 aliphatic heterocycles. The molecule has 0 radical (unpaired) electrons. The Hall–Kier alpha value is -0.120. The summed E-state index contributed by atoms with van der Waals surface area (Å²) in [6.45, 7) is 13.0. The largest absolute Gasteiger partial charge is 0.309 e. The molecule has 0 rings (SSSR count). The summed E-state index contributed by atoms with van der Waals surface area (Å²) in [7, 11) is 6.54. The Morgan fingerprint density at radius 1 is 0.778 bits per heavy atom. The van der Waals surface area contributed by atoms with E-state index in [9.17, 15) is 0 Å². The van der Waals surface area contributed by atoms with Crippen molar-refractivity contribution in [3.8, 4) is 0 Å². The third-order valence-corrected chi connectivity index (χ3v) is 3.37. The minimum atomic E-state index is 0.670. The molecule has 0 fully saturated rings. The molecule has 0 atom stereocenters. The SMILES string of the molecule is CCCN(C)CCCN(CCCN(C)C)C(C)C. The van der Waals surface area contributed by atoms with E-state index in [0.717, 1.165) is 0 Å². The van der Waals surface area contributed by atoms with E-state index >= 15 is 0 Å². The lowest BCUT2D eigenvalue weighted by Crippen LogP contribution is -2.35. The molecule has 0 aliphatic rings. The number of hydrogen-bond donors (Lipinski definition) is 0. The van der Waals surface area contributed by atoms with E-state index < -0.39 is 0 Å². The molecule has 0 aromatic heterocycles. The van der Waals surface area contributed by atoms with Gasteiger partial charge in [-0.15, -0.1) is 0 Å². The fourth-order valence-electron chi connectivity index (χ4n) is 2.26. The first kappa shape index (κ1) is 17.9. The van der Waals surface area contributed by atoms with Crippen LogP contribution in [0.25, 0.3) is 0 Å². The van der Waals surface area contributed by atoms with Crippen molar-refractivity contribution in [3.05, 3.63) is 0 Å². The van der Waals surface area contributed by atoms with Crippen molar-refractivity contribution in [2.45, 2.75) is 46.1 Å². The van der Waals surface area contributed by atoms with E-state index in [1.165, 1.54) is 52.0 Å². The van der Waals surface area contributed by atoms with Crippen LogP contribution in [0.5, 0.6) is 0 Å². The summed E-state index contributed by atoms with van der Waals surface area (Å²) in [4.78, 5) is 7.33. The molecule has 0 aromatic carbocycles. The predicted molar refractivity (Wildman–Crippen MR) is 82.3 cm³/mol. The monoisotopic (exact) mass is 257 g/mol. The minimum absolute atomic E-state index is 0.670. The van der Waals surface area contributed by atoms with Crippen molar-refractivity contribution in [1.29, 1.82) is 0 Å². The van der Waals surface area contributed by atoms with Crippen molar-refractivity contribution in [3.63, 3.8) is 0 Å². The molecule has 0 saturated carbocycles. The van der Waals surface area contributed by atoms with Gasteiger partial charge < -0.3 is 14.7 Å². The zero-order chi connectivity index (χ0) is 14.0. The van der Waals surface area contributed by atoms with Crippen LogP contribution in [0.1, 0.15) is 40.0 Å². The second-order valence-corrected chi connectivity index (χ2v) is 5.94. The Morgan fingerprint density at radius 3 is 1.78 bits per heavy atom. The lowest BCUT2D eigenvalue weighted by Gasteiger charge is -2.28. The predicted octanol–water partition coefficient (Wildman–Crippen LogP) is 2.38. The summed E-state index contributed by atoms with van der Waals surface area (Å²) in [5.41, 5.74) is 0. The lowest BCUT2D eigenvalue weighted by molar-refractivity contribution is 0.196. The van der Waals surface area contributed by atoms with Crippen molar-refractivity contribution in [2.75, 3.05) is 53.9 Å². The molecular formula is C15H35N3. The van der Waals surface area contributed by atoms with Gasteiger partial charge in [-0.05, 0) is 87.0 Å². The van der Waals surface area contributed by atoms with Crippen LogP contribution in [0.2, 0.25) is 0 Å². The second kappa shape index (κ2) is 10.8. The van der Waals surface area contributed by atoms with Gasteiger partial charge in [0.15, 0.2) is 0 Å². The number of rotatable bonds is 11. The molecule has 0 bridgehead atoms. The van der Waals surface area contributed by atoms with Gasteiger partial charge in [-0.1, -0.05) is 6.92 Å². The zero-order valence-corrected chi connectivity index (χ0v) is 13.6. The van der Waals surface area contributed by atoms with E-state index in [1.807, 2.05) is 0 Å². The second-order valence-electron chi connectivity index (χ2n) is 5.94. The quantitative estimate of drug-likeness (QED) is 0.563. The van der Waals surface area contributed by atoms with Gasteiger partial charge in [0.05, 0.1) is 0 Å². The van der Waals surface area contributed by atoms with E-state index in [-0.39, 0.29) is 0 Å². The van der Waals surface area contributed by atoms with Gasteiger partial charge in [0.1, 0.15) is 0 Å². The van der Waals surface area contributed by atoms with Gasteiger partial charge in [-0.3, -0.25) is 0 Å². The zero-order valence-electron chi connectivity index (χ0n) is 13.6. The molecule has 3 heteroatoms. The van der Waals surface area contributed by atoms with Gasteiger partial charge in [-0.2, -0.15) is 0 Å². The molecule has 0 aromatic rings. The van der Waals surface area contributed by atoms with Gasteiger partial charge in [0.2, 0.25) is 0 Å². The van der Waals surface area contributed by atoms with Gasteiger partial charge in [0.25, 0.3) is 0 Å². The highest BCUT2D eigenvalue weighted by Crippen LogP contribution is 2.02. The number of hydrogen-bond acceptors (Lipinski definition) is 3. The summed E-state index contributed by atoms with van der Waals surface area (Å²) in [5, 5.41) is 0. The van der Waals surface area contributed by atoms with E-state index in [0.29, 0.717) is 6.04 Å². The molecule has 0 aliphatic carbocycles. The number of nitrogens with zero attached hydrogens (tertiary/aromatic N) is 3. The van der Waals surface area contributed by atoms with Crippen LogP contribution in [0, 0.1) is 0 Å². The average Bonchev–Trinajstić information content (AvgIpc) is 2.26. The standard InChI is InChI=1S/C15H35N3/c1-7-10-17(6)12-9-14-18(15(2)3)13-8-11-16(4)5/h15H,7-14H2,1-6H3. The first-order chi connectivity index (χ1) is 8.47. The Labute approximate surface area is 115 Å². The molecule has 0 N–H and O–H groups in total. The van der Waals surface area contributed by atoms with E-state index in [1.54, 1.807) is 0 Å². The van der Waals surface area contributed by atoms with Crippen LogP contribution in [0.15, 0.2) is 0 Å². The molecule has 0 unspecified atom stereocenters. The van der Waals surface area contributed by atoms with Crippen molar-refractivity contribution < 1.29 is 0 Å². The highest BCUT2D eigenvalue weighted by atomic mass is 15.2. The Bertz CT molecular complexity index is 181. The summed E-state index contributed by atoms with van der Waals surface area (Å²) in [5.74, 6) is 0. The Balaban J connectivity index is 3.76. The summed E-state index contributed by atoms with van der Waals surface area (Å²) in [6.07, 6.45) is 3.82. The summed E-state index contributed by atoms with van der Waals surface area (Å²) >= 11 is 0. The van der Waals surface area contributed by atoms with Gasteiger partial charge >= 0.3 is 0 Å². The fraction of sp³-hybridized carbons (Fsp3) is 1.00. The average molecular weight is 257 g/mol. The topological polar surface area (TPSA) is 9.72 Å². The smallest absolute Gasteiger partial charge is 0.00386 e. The van der Waals surface area contributed by atoms with Crippen molar-refractivity contribution >= 4 is 0 Å². The fourth-order valence-corrected chi connectivity index (χ4v) is 2.26. The Morgan fingerprint density at radius 2 is 1.33 bits per heavy atom. The molecular weight excluding hydrogens is 222 g/mol. The maximum absolute atomic E-state index is 2.61. The normalized spacial score (nSPS) is 12.3. The first-order valence-electron chi connectivity index (χ1n) is 7.54. The van der Waals surface area contributed by atoms with Crippen LogP contribution < -0.4 is 0 Å². The summed E-state index contributed by atoms with van der Waals surface area (Å²) in [6, 6.07) is 0.670. The maximum Gasteiger partial charge on any atom is 0.00386 e. The molecule has 110 valence electrons. The Kier molecular flexibility index (Phi) is 10.7. The highest BCUT2D eigenvalue weighted by molar-refractivity contribution is 4.65.